The van der Waals surface area contributed by atoms with E-state index in [1.54, 1.807) is 0 Å². The van der Waals surface area contributed by atoms with E-state index in [2.05, 4.69) is 12.2 Å². The Bertz CT molecular complexity index is 281. The van der Waals surface area contributed by atoms with E-state index in [9.17, 15) is 9.59 Å². The zero-order chi connectivity index (χ0) is 12.8. The number of hydrogen-bond acceptors (Lipinski definition) is 3. The van der Waals surface area contributed by atoms with E-state index in [-0.39, 0.29) is 24.4 Å². The number of carbonyl (C=O) groups excluding carboxylic acids is 1. The van der Waals surface area contributed by atoms with Gasteiger partial charge in [0.15, 0.2) is 0 Å². The standard InChI is InChI=1S/C12H22N2O3/c1-3-9(2)14-8-4-7-13-10(12(14)17)5-6-11(15)16/h9-10,13H,3-8H2,1-2H3,(H,15,16). The van der Waals surface area contributed by atoms with Gasteiger partial charge in [0.05, 0.1) is 6.04 Å². The Morgan fingerprint density at radius 3 is 2.94 bits per heavy atom. The number of carbonyl (C=O) groups is 2. The molecule has 5 nitrogen and oxygen atoms in total. The van der Waals surface area contributed by atoms with Crippen LogP contribution in [0.2, 0.25) is 0 Å². The van der Waals surface area contributed by atoms with Crippen LogP contribution in [-0.2, 0) is 9.59 Å². The van der Waals surface area contributed by atoms with Crippen LogP contribution in [-0.4, -0.2) is 47.1 Å². The maximum absolute atomic E-state index is 12.2. The molecule has 0 aliphatic carbocycles. The average molecular weight is 242 g/mol. The molecule has 1 amide bonds. The van der Waals surface area contributed by atoms with E-state index in [1.807, 2.05) is 11.8 Å². The molecule has 1 aliphatic rings. The molecule has 2 N–H and O–H groups in total. The Balaban J connectivity index is 2.63. The summed E-state index contributed by atoms with van der Waals surface area (Å²) in [7, 11) is 0. The molecule has 17 heavy (non-hydrogen) atoms. The lowest BCUT2D eigenvalue weighted by Gasteiger charge is -2.29. The SMILES string of the molecule is CCC(C)N1CCCNC(CCC(=O)O)C1=O. The fraction of sp³-hybridized carbons (Fsp3) is 0.833. The molecule has 1 heterocycles. The van der Waals surface area contributed by atoms with E-state index < -0.39 is 5.97 Å². The Hall–Kier alpha value is -1.10. The lowest BCUT2D eigenvalue weighted by molar-refractivity contribution is -0.138. The number of nitrogens with one attached hydrogen (secondary N) is 1. The number of nitrogens with zero attached hydrogens (tertiary/aromatic N) is 1. The summed E-state index contributed by atoms with van der Waals surface area (Å²) in [4.78, 5) is 24.7. The number of amides is 1. The molecule has 0 aromatic heterocycles. The zero-order valence-electron chi connectivity index (χ0n) is 10.6. The molecule has 1 saturated heterocycles. The fourth-order valence-corrected chi connectivity index (χ4v) is 2.07. The van der Waals surface area contributed by atoms with Gasteiger partial charge in [0.2, 0.25) is 5.91 Å². The van der Waals surface area contributed by atoms with Crippen molar-refractivity contribution in [1.82, 2.24) is 10.2 Å². The van der Waals surface area contributed by atoms with Gasteiger partial charge in [0.25, 0.3) is 0 Å². The van der Waals surface area contributed by atoms with Crippen molar-refractivity contribution in [2.24, 2.45) is 0 Å². The van der Waals surface area contributed by atoms with Crippen molar-refractivity contribution in [2.75, 3.05) is 13.1 Å². The second-order valence-corrected chi connectivity index (χ2v) is 4.58. The van der Waals surface area contributed by atoms with Crippen molar-refractivity contribution >= 4 is 11.9 Å². The summed E-state index contributed by atoms with van der Waals surface area (Å²) >= 11 is 0. The molecule has 2 unspecified atom stereocenters. The molecule has 1 aliphatic heterocycles. The largest absolute Gasteiger partial charge is 0.481 e. The first kappa shape index (κ1) is 14.0. The minimum absolute atomic E-state index is 0.0394. The molecular weight excluding hydrogens is 220 g/mol. The normalized spacial score (nSPS) is 23.3. The first-order valence-corrected chi connectivity index (χ1v) is 6.32. The summed E-state index contributed by atoms with van der Waals surface area (Å²) in [5, 5.41) is 11.8. The Kier molecular flexibility index (Phi) is 5.41. The number of carboxylic acids is 1. The second kappa shape index (κ2) is 6.59. The van der Waals surface area contributed by atoms with Crippen LogP contribution in [0.1, 0.15) is 39.5 Å². The summed E-state index contributed by atoms with van der Waals surface area (Å²) < 4.78 is 0. The molecule has 0 spiro atoms. The predicted molar refractivity (Wildman–Crippen MR) is 64.7 cm³/mol. The molecule has 0 aromatic rings. The quantitative estimate of drug-likeness (QED) is 0.749. The monoisotopic (exact) mass is 242 g/mol. The third-order valence-corrected chi connectivity index (χ3v) is 3.32. The number of aliphatic carboxylic acids is 1. The highest BCUT2D eigenvalue weighted by Gasteiger charge is 2.29. The van der Waals surface area contributed by atoms with Crippen LogP contribution in [0.5, 0.6) is 0 Å². The fourth-order valence-electron chi connectivity index (χ4n) is 2.07. The molecular formula is C12H22N2O3. The summed E-state index contributed by atoms with van der Waals surface area (Å²) in [6.45, 7) is 5.65. The van der Waals surface area contributed by atoms with E-state index >= 15 is 0 Å². The molecule has 0 aromatic carbocycles. The molecule has 5 heteroatoms. The van der Waals surface area contributed by atoms with Gasteiger partial charge in [0, 0.05) is 19.0 Å². The van der Waals surface area contributed by atoms with Gasteiger partial charge in [-0.1, -0.05) is 6.92 Å². The molecule has 2 atom stereocenters. The van der Waals surface area contributed by atoms with Gasteiger partial charge < -0.3 is 15.3 Å². The van der Waals surface area contributed by atoms with Crippen LogP contribution in [0, 0.1) is 0 Å². The van der Waals surface area contributed by atoms with Gasteiger partial charge in [-0.05, 0) is 32.7 Å². The number of rotatable bonds is 5. The highest BCUT2D eigenvalue weighted by molar-refractivity contribution is 5.83. The Morgan fingerprint density at radius 2 is 2.35 bits per heavy atom. The van der Waals surface area contributed by atoms with Gasteiger partial charge >= 0.3 is 5.97 Å². The maximum Gasteiger partial charge on any atom is 0.303 e. The number of carboxylic acid groups (broad SMARTS) is 1. The van der Waals surface area contributed by atoms with Crippen LogP contribution in [0.4, 0.5) is 0 Å². The molecule has 0 bridgehead atoms. The molecule has 1 rings (SSSR count). The smallest absolute Gasteiger partial charge is 0.303 e. The van der Waals surface area contributed by atoms with Crippen LogP contribution in [0.3, 0.4) is 0 Å². The van der Waals surface area contributed by atoms with Crippen molar-refractivity contribution < 1.29 is 14.7 Å². The Labute approximate surface area is 102 Å². The summed E-state index contributed by atoms with van der Waals surface area (Å²) in [5.74, 6) is -0.794. The summed E-state index contributed by atoms with van der Waals surface area (Å²) in [6, 6.07) is -0.0997. The minimum atomic E-state index is -0.848. The van der Waals surface area contributed by atoms with Crippen molar-refractivity contribution in [3.05, 3.63) is 0 Å². The van der Waals surface area contributed by atoms with Crippen molar-refractivity contribution in [3.8, 4) is 0 Å². The third-order valence-electron chi connectivity index (χ3n) is 3.32. The lowest BCUT2D eigenvalue weighted by atomic mass is 10.1. The van der Waals surface area contributed by atoms with Gasteiger partial charge in [-0.3, -0.25) is 9.59 Å². The number of hydrogen-bond donors (Lipinski definition) is 2. The third kappa shape index (κ3) is 4.00. The van der Waals surface area contributed by atoms with Crippen molar-refractivity contribution in [3.63, 3.8) is 0 Å². The van der Waals surface area contributed by atoms with E-state index in [0.29, 0.717) is 6.42 Å². The van der Waals surface area contributed by atoms with Crippen LogP contribution >= 0.6 is 0 Å². The van der Waals surface area contributed by atoms with Gasteiger partial charge in [0.1, 0.15) is 0 Å². The molecule has 0 radical (unpaired) electrons. The highest BCUT2D eigenvalue weighted by Crippen LogP contribution is 2.12. The van der Waals surface area contributed by atoms with Crippen LogP contribution in [0.25, 0.3) is 0 Å². The van der Waals surface area contributed by atoms with Gasteiger partial charge in [-0.2, -0.15) is 0 Å². The Morgan fingerprint density at radius 1 is 1.65 bits per heavy atom. The van der Waals surface area contributed by atoms with E-state index in [1.165, 1.54) is 0 Å². The molecule has 1 fully saturated rings. The summed E-state index contributed by atoms with van der Waals surface area (Å²) in [6.07, 6.45) is 2.27. The first-order valence-electron chi connectivity index (χ1n) is 6.32. The zero-order valence-corrected chi connectivity index (χ0v) is 10.6. The van der Waals surface area contributed by atoms with Gasteiger partial charge in [-0.15, -0.1) is 0 Å². The second-order valence-electron chi connectivity index (χ2n) is 4.58. The predicted octanol–water partition coefficient (Wildman–Crippen LogP) is 0.840. The van der Waals surface area contributed by atoms with Crippen molar-refractivity contribution in [2.45, 2.75) is 51.6 Å². The highest BCUT2D eigenvalue weighted by atomic mass is 16.4. The lowest BCUT2D eigenvalue weighted by Crippen LogP contribution is -2.47. The molecule has 0 saturated carbocycles. The van der Waals surface area contributed by atoms with E-state index in [0.717, 1.165) is 25.9 Å². The topological polar surface area (TPSA) is 69.6 Å². The molecule has 98 valence electrons. The van der Waals surface area contributed by atoms with Crippen LogP contribution < -0.4 is 5.32 Å². The average Bonchev–Trinajstić information content (AvgIpc) is 2.48. The minimum Gasteiger partial charge on any atom is -0.481 e. The first-order chi connectivity index (χ1) is 8.06. The van der Waals surface area contributed by atoms with Crippen LogP contribution in [0.15, 0.2) is 0 Å². The van der Waals surface area contributed by atoms with E-state index in [4.69, 9.17) is 5.11 Å². The van der Waals surface area contributed by atoms with Crippen molar-refractivity contribution in [1.29, 1.82) is 0 Å². The summed E-state index contributed by atoms with van der Waals surface area (Å²) in [5.41, 5.74) is 0. The van der Waals surface area contributed by atoms with Gasteiger partial charge in [-0.25, -0.2) is 0 Å². The maximum atomic E-state index is 12.2.